The van der Waals surface area contributed by atoms with Crippen LogP contribution in [0.2, 0.25) is 5.28 Å². The van der Waals surface area contributed by atoms with Crippen molar-refractivity contribution in [2.75, 3.05) is 5.32 Å². The average Bonchev–Trinajstić information content (AvgIpc) is 2.75. The van der Waals surface area contributed by atoms with Crippen LogP contribution in [0.5, 0.6) is 0 Å². The number of hydrogen-bond acceptors (Lipinski definition) is 4. The summed E-state index contributed by atoms with van der Waals surface area (Å²) in [4.78, 5) is 9.60. The van der Waals surface area contributed by atoms with Crippen molar-refractivity contribution in [3.05, 3.63) is 16.7 Å². The van der Waals surface area contributed by atoms with Crippen LogP contribution < -0.4 is 5.32 Å². The molecule has 19 heavy (non-hydrogen) atoms. The molecule has 2 aromatic rings. The van der Waals surface area contributed by atoms with Gasteiger partial charge in [0.2, 0.25) is 5.28 Å². The number of nitrogens with one attached hydrogen (secondary N) is 1. The summed E-state index contributed by atoms with van der Waals surface area (Å²) >= 11 is 7.62. The van der Waals surface area contributed by atoms with Crippen LogP contribution >= 0.6 is 22.9 Å². The Labute approximate surface area is 122 Å². The standard InChI is InChI=1S/C14H18ClN3S/c1-9-5-3-2-4-6-11(9)16-12-10-7-8-19-13(10)18-14(15)17-12/h7-9,11H,2-6H2,1H3,(H,16,17,18). The zero-order chi connectivity index (χ0) is 13.2. The first-order chi connectivity index (χ1) is 9.24. The van der Waals surface area contributed by atoms with Crippen molar-refractivity contribution in [3.8, 4) is 0 Å². The Kier molecular flexibility index (Phi) is 3.89. The third-order valence-corrected chi connectivity index (χ3v) is 4.96. The van der Waals surface area contributed by atoms with Gasteiger partial charge in [0.05, 0.1) is 5.39 Å². The highest BCUT2D eigenvalue weighted by Gasteiger charge is 2.21. The Morgan fingerprint density at radius 2 is 2.11 bits per heavy atom. The lowest BCUT2D eigenvalue weighted by Crippen LogP contribution is -2.26. The smallest absolute Gasteiger partial charge is 0.225 e. The van der Waals surface area contributed by atoms with Crippen LogP contribution in [-0.2, 0) is 0 Å². The van der Waals surface area contributed by atoms with Gasteiger partial charge in [-0.1, -0.05) is 26.2 Å². The van der Waals surface area contributed by atoms with Crippen LogP contribution in [0.3, 0.4) is 0 Å². The Morgan fingerprint density at radius 1 is 1.26 bits per heavy atom. The molecule has 3 rings (SSSR count). The Hall–Kier alpha value is -0.870. The molecule has 1 fully saturated rings. The average molecular weight is 296 g/mol. The summed E-state index contributed by atoms with van der Waals surface area (Å²) in [5.41, 5.74) is 0. The lowest BCUT2D eigenvalue weighted by molar-refractivity contribution is 0.456. The van der Waals surface area contributed by atoms with Crippen molar-refractivity contribution >= 4 is 39.0 Å². The summed E-state index contributed by atoms with van der Waals surface area (Å²) in [6, 6.07) is 2.57. The summed E-state index contributed by atoms with van der Waals surface area (Å²) in [7, 11) is 0. The van der Waals surface area contributed by atoms with Crippen molar-refractivity contribution in [1.82, 2.24) is 9.97 Å². The number of fused-ring (bicyclic) bond motifs is 1. The third-order valence-electron chi connectivity index (χ3n) is 3.98. The van der Waals surface area contributed by atoms with E-state index in [4.69, 9.17) is 11.6 Å². The van der Waals surface area contributed by atoms with E-state index in [1.54, 1.807) is 11.3 Å². The van der Waals surface area contributed by atoms with Crippen molar-refractivity contribution in [1.29, 1.82) is 0 Å². The molecule has 2 atom stereocenters. The van der Waals surface area contributed by atoms with Crippen LogP contribution in [0.15, 0.2) is 11.4 Å². The second-order valence-electron chi connectivity index (χ2n) is 5.35. The van der Waals surface area contributed by atoms with Gasteiger partial charge in [0.25, 0.3) is 0 Å². The van der Waals surface area contributed by atoms with Crippen LogP contribution in [-0.4, -0.2) is 16.0 Å². The molecule has 1 aliphatic carbocycles. The summed E-state index contributed by atoms with van der Waals surface area (Å²) in [5.74, 6) is 1.58. The second kappa shape index (κ2) is 5.63. The van der Waals surface area contributed by atoms with Crippen LogP contribution in [0.4, 0.5) is 5.82 Å². The fraction of sp³-hybridized carbons (Fsp3) is 0.571. The minimum Gasteiger partial charge on any atom is -0.366 e. The molecule has 1 aliphatic rings. The fourth-order valence-electron chi connectivity index (χ4n) is 2.82. The Balaban J connectivity index is 1.89. The molecule has 2 aromatic heterocycles. The van der Waals surface area contributed by atoms with Crippen molar-refractivity contribution in [2.24, 2.45) is 5.92 Å². The van der Waals surface area contributed by atoms with E-state index in [-0.39, 0.29) is 0 Å². The highest BCUT2D eigenvalue weighted by atomic mass is 35.5. The molecule has 0 amide bonds. The zero-order valence-electron chi connectivity index (χ0n) is 11.0. The van der Waals surface area contributed by atoms with E-state index in [1.165, 1.54) is 32.1 Å². The van der Waals surface area contributed by atoms with Crippen molar-refractivity contribution in [3.63, 3.8) is 0 Å². The van der Waals surface area contributed by atoms with Gasteiger partial charge < -0.3 is 5.32 Å². The Bertz CT molecular complexity index is 569. The first kappa shape index (κ1) is 13.1. The van der Waals surface area contributed by atoms with Crippen molar-refractivity contribution in [2.45, 2.75) is 45.1 Å². The monoisotopic (exact) mass is 295 g/mol. The first-order valence-electron chi connectivity index (χ1n) is 6.91. The van der Waals surface area contributed by atoms with E-state index in [0.29, 0.717) is 17.2 Å². The molecular weight excluding hydrogens is 278 g/mol. The quantitative estimate of drug-likeness (QED) is 0.643. The number of rotatable bonds is 2. The molecule has 1 saturated carbocycles. The predicted octanol–water partition coefficient (Wildman–Crippen LogP) is 4.73. The molecule has 3 nitrogen and oxygen atoms in total. The third kappa shape index (κ3) is 2.84. The number of anilines is 1. The van der Waals surface area contributed by atoms with Crippen LogP contribution in [0.1, 0.15) is 39.0 Å². The van der Waals surface area contributed by atoms with Gasteiger partial charge in [-0.05, 0) is 41.8 Å². The minimum atomic E-state index is 0.332. The van der Waals surface area contributed by atoms with E-state index < -0.39 is 0 Å². The SMILES string of the molecule is CC1CCCCCC1Nc1nc(Cl)nc2sccc12. The van der Waals surface area contributed by atoms with E-state index >= 15 is 0 Å². The van der Waals surface area contributed by atoms with Gasteiger partial charge in [-0.15, -0.1) is 11.3 Å². The van der Waals surface area contributed by atoms with Crippen molar-refractivity contribution < 1.29 is 0 Å². The highest BCUT2D eigenvalue weighted by molar-refractivity contribution is 7.16. The number of thiophene rings is 1. The Morgan fingerprint density at radius 3 is 3.00 bits per heavy atom. The molecule has 0 aromatic carbocycles. The topological polar surface area (TPSA) is 37.8 Å². The second-order valence-corrected chi connectivity index (χ2v) is 6.58. The molecule has 1 N–H and O–H groups in total. The molecule has 5 heteroatoms. The molecule has 0 radical (unpaired) electrons. The number of aromatic nitrogens is 2. The van der Waals surface area contributed by atoms with E-state index in [9.17, 15) is 0 Å². The number of hydrogen-bond donors (Lipinski definition) is 1. The maximum Gasteiger partial charge on any atom is 0.225 e. The minimum absolute atomic E-state index is 0.332. The lowest BCUT2D eigenvalue weighted by atomic mass is 9.97. The van der Waals surface area contributed by atoms with Gasteiger partial charge in [0, 0.05) is 6.04 Å². The van der Waals surface area contributed by atoms with Gasteiger partial charge in [-0.2, -0.15) is 0 Å². The molecular formula is C14H18ClN3S. The molecule has 2 unspecified atom stereocenters. The summed E-state index contributed by atoms with van der Waals surface area (Å²) < 4.78 is 0. The van der Waals surface area contributed by atoms with Gasteiger partial charge >= 0.3 is 0 Å². The maximum absolute atomic E-state index is 6.01. The molecule has 0 aliphatic heterocycles. The number of halogens is 1. The van der Waals surface area contributed by atoms with E-state index in [0.717, 1.165) is 16.0 Å². The van der Waals surface area contributed by atoms with E-state index in [2.05, 4.69) is 28.3 Å². The van der Waals surface area contributed by atoms with E-state index in [1.807, 2.05) is 5.38 Å². The molecule has 2 heterocycles. The highest BCUT2D eigenvalue weighted by Crippen LogP contribution is 2.30. The maximum atomic E-state index is 6.01. The molecule has 0 bridgehead atoms. The number of nitrogens with zero attached hydrogens (tertiary/aromatic N) is 2. The molecule has 0 spiro atoms. The van der Waals surface area contributed by atoms with Gasteiger partial charge in [-0.3, -0.25) is 0 Å². The normalized spacial score (nSPS) is 24.3. The summed E-state index contributed by atoms with van der Waals surface area (Å²) in [6.45, 7) is 2.33. The zero-order valence-corrected chi connectivity index (χ0v) is 12.6. The first-order valence-corrected chi connectivity index (χ1v) is 8.17. The van der Waals surface area contributed by atoms with Gasteiger partial charge in [0.1, 0.15) is 10.6 Å². The fourth-order valence-corrected chi connectivity index (χ4v) is 3.81. The van der Waals surface area contributed by atoms with Crippen LogP contribution in [0.25, 0.3) is 10.2 Å². The van der Waals surface area contributed by atoms with Gasteiger partial charge in [-0.25, -0.2) is 9.97 Å². The van der Waals surface area contributed by atoms with Gasteiger partial charge in [0.15, 0.2) is 0 Å². The summed E-state index contributed by atoms with van der Waals surface area (Å²) in [6.07, 6.45) is 6.50. The molecule has 102 valence electrons. The summed E-state index contributed by atoms with van der Waals surface area (Å²) in [5, 5.41) is 7.07. The lowest BCUT2D eigenvalue weighted by Gasteiger charge is -2.23. The largest absolute Gasteiger partial charge is 0.366 e. The predicted molar refractivity (Wildman–Crippen MR) is 82.1 cm³/mol. The molecule has 0 saturated heterocycles. The van der Waals surface area contributed by atoms with Crippen LogP contribution in [0, 0.1) is 5.92 Å².